The van der Waals surface area contributed by atoms with Crippen LogP contribution in [0.15, 0.2) is 66.3 Å². The third-order valence-electron chi connectivity index (χ3n) is 4.98. The summed E-state index contributed by atoms with van der Waals surface area (Å²) in [7, 11) is 2.46. The number of carbonyl (C=O) groups excluding carboxylic acids is 3. The van der Waals surface area contributed by atoms with Gasteiger partial charge in [-0.15, -0.1) is 16.8 Å². The predicted molar refractivity (Wildman–Crippen MR) is 133 cm³/mol. The molecular formula is C25H26N4O5S. The van der Waals surface area contributed by atoms with Crippen molar-refractivity contribution < 1.29 is 23.9 Å². The van der Waals surface area contributed by atoms with E-state index in [9.17, 15) is 14.4 Å². The van der Waals surface area contributed by atoms with Gasteiger partial charge in [-0.1, -0.05) is 48.2 Å². The zero-order chi connectivity index (χ0) is 25.2. The van der Waals surface area contributed by atoms with E-state index >= 15 is 0 Å². The van der Waals surface area contributed by atoms with Crippen LogP contribution in [0.3, 0.4) is 0 Å². The van der Waals surface area contributed by atoms with Gasteiger partial charge in [0, 0.05) is 18.7 Å². The number of esters is 2. The van der Waals surface area contributed by atoms with E-state index < -0.39 is 11.9 Å². The lowest BCUT2D eigenvalue weighted by Crippen LogP contribution is -2.16. The molecule has 0 saturated carbocycles. The molecule has 0 bridgehead atoms. The molecule has 0 unspecified atom stereocenters. The van der Waals surface area contributed by atoms with Crippen molar-refractivity contribution in [3.63, 3.8) is 0 Å². The van der Waals surface area contributed by atoms with Crippen LogP contribution in [0, 0.1) is 0 Å². The Morgan fingerprint density at radius 3 is 2.26 bits per heavy atom. The molecule has 0 spiro atoms. The van der Waals surface area contributed by atoms with Crippen LogP contribution in [-0.4, -0.2) is 52.6 Å². The largest absolute Gasteiger partial charge is 0.465 e. The van der Waals surface area contributed by atoms with E-state index in [1.165, 1.54) is 49.7 Å². The van der Waals surface area contributed by atoms with Crippen molar-refractivity contribution in [1.82, 2.24) is 14.8 Å². The number of rotatable bonds is 11. The van der Waals surface area contributed by atoms with Crippen LogP contribution < -0.4 is 5.32 Å². The minimum atomic E-state index is -0.638. The summed E-state index contributed by atoms with van der Waals surface area (Å²) < 4.78 is 11.4. The number of ether oxygens (including phenoxy) is 2. The van der Waals surface area contributed by atoms with Gasteiger partial charge in [0.1, 0.15) is 5.82 Å². The third kappa shape index (κ3) is 7.03. The number of methoxy groups -OCH3 is 2. The van der Waals surface area contributed by atoms with Gasteiger partial charge in [0.2, 0.25) is 5.91 Å². The molecule has 2 aromatic carbocycles. The molecule has 0 atom stereocenters. The summed E-state index contributed by atoms with van der Waals surface area (Å²) in [6.45, 7) is 4.32. The van der Waals surface area contributed by atoms with E-state index in [4.69, 9.17) is 9.47 Å². The molecule has 0 aliphatic heterocycles. The fourth-order valence-corrected chi connectivity index (χ4v) is 4.09. The first-order chi connectivity index (χ1) is 16.9. The van der Waals surface area contributed by atoms with E-state index in [-0.39, 0.29) is 28.5 Å². The minimum Gasteiger partial charge on any atom is -0.465 e. The lowest BCUT2D eigenvalue weighted by atomic mass is 10.1. The Bertz CT molecular complexity index is 1180. The Kier molecular flexibility index (Phi) is 9.19. The van der Waals surface area contributed by atoms with Crippen LogP contribution in [0.4, 0.5) is 5.69 Å². The van der Waals surface area contributed by atoms with Gasteiger partial charge in [0.25, 0.3) is 0 Å². The number of aryl methyl sites for hydroxylation is 2. The fourth-order valence-electron chi connectivity index (χ4n) is 3.32. The Hall–Kier alpha value is -3.92. The van der Waals surface area contributed by atoms with Gasteiger partial charge < -0.3 is 19.4 Å². The summed E-state index contributed by atoms with van der Waals surface area (Å²) >= 11 is 1.23. The van der Waals surface area contributed by atoms with E-state index in [2.05, 4.69) is 34.2 Å². The predicted octanol–water partition coefficient (Wildman–Crippen LogP) is 3.55. The molecule has 1 heterocycles. The Morgan fingerprint density at radius 2 is 1.66 bits per heavy atom. The number of allylic oxidation sites excluding steroid dienone is 1. The highest BCUT2D eigenvalue weighted by Crippen LogP contribution is 2.21. The Morgan fingerprint density at radius 1 is 1.00 bits per heavy atom. The number of nitrogens with zero attached hydrogens (tertiary/aromatic N) is 3. The second-order valence-electron chi connectivity index (χ2n) is 7.40. The van der Waals surface area contributed by atoms with Crippen molar-refractivity contribution in [3.05, 3.63) is 83.7 Å². The molecule has 0 saturated heterocycles. The first kappa shape index (κ1) is 25.7. The minimum absolute atomic E-state index is 0.0456. The lowest BCUT2D eigenvalue weighted by Gasteiger charge is -2.10. The molecule has 0 aliphatic rings. The molecular weight excluding hydrogens is 468 g/mol. The number of benzene rings is 2. The number of carbonyl (C=O) groups is 3. The average Bonchev–Trinajstić information content (AvgIpc) is 3.27. The van der Waals surface area contributed by atoms with E-state index in [1.807, 2.05) is 22.8 Å². The molecule has 3 aromatic rings. The maximum Gasteiger partial charge on any atom is 0.337 e. The molecule has 0 fully saturated rings. The van der Waals surface area contributed by atoms with Crippen LogP contribution in [0.25, 0.3) is 0 Å². The SMILES string of the molecule is C=CCn1c(CCc2ccccc2)nnc1SCC(=O)Nc1cc(C(=O)OC)cc(C(=O)OC)c1. The van der Waals surface area contributed by atoms with E-state index in [1.54, 1.807) is 6.08 Å². The summed E-state index contributed by atoms with van der Waals surface area (Å²) in [5.41, 5.74) is 1.71. The maximum atomic E-state index is 12.6. The second kappa shape index (κ2) is 12.5. The normalized spacial score (nSPS) is 10.5. The van der Waals surface area contributed by atoms with Gasteiger partial charge >= 0.3 is 11.9 Å². The number of thioether (sulfide) groups is 1. The second-order valence-corrected chi connectivity index (χ2v) is 8.35. The zero-order valence-corrected chi connectivity index (χ0v) is 20.3. The number of aromatic nitrogens is 3. The van der Waals surface area contributed by atoms with Gasteiger partial charge in [-0.2, -0.15) is 0 Å². The maximum absolute atomic E-state index is 12.6. The number of hydrogen-bond donors (Lipinski definition) is 1. The molecule has 0 radical (unpaired) electrons. The highest BCUT2D eigenvalue weighted by atomic mass is 32.2. The van der Waals surface area contributed by atoms with Crippen LogP contribution in [0.5, 0.6) is 0 Å². The Labute approximate surface area is 207 Å². The van der Waals surface area contributed by atoms with Crippen molar-refractivity contribution in [2.75, 3.05) is 25.3 Å². The highest BCUT2D eigenvalue weighted by molar-refractivity contribution is 7.99. The smallest absolute Gasteiger partial charge is 0.337 e. The van der Waals surface area contributed by atoms with Crippen LogP contribution in [-0.2, 0) is 33.7 Å². The summed E-state index contributed by atoms with van der Waals surface area (Å²) in [5, 5.41) is 11.9. The van der Waals surface area contributed by atoms with Gasteiger partial charge in [-0.3, -0.25) is 4.79 Å². The fraction of sp³-hybridized carbons (Fsp3) is 0.240. The van der Waals surface area contributed by atoms with Gasteiger partial charge in [-0.25, -0.2) is 9.59 Å². The van der Waals surface area contributed by atoms with Crippen molar-refractivity contribution in [3.8, 4) is 0 Å². The Balaban J connectivity index is 1.68. The quantitative estimate of drug-likeness (QED) is 0.245. The van der Waals surface area contributed by atoms with E-state index in [0.717, 1.165) is 12.2 Å². The molecule has 35 heavy (non-hydrogen) atoms. The van der Waals surface area contributed by atoms with Crippen LogP contribution in [0.2, 0.25) is 0 Å². The summed E-state index contributed by atoms with van der Waals surface area (Å²) in [6, 6.07) is 14.3. The summed E-state index contributed by atoms with van der Waals surface area (Å²) in [4.78, 5) is 36.5. The number of nitrogens with one attached hydrogen (secondary N) is 1. The molecule has 1 amide bonds. The van der Waals surface area contributed by atoms with Crippen LogP contribution >= 0.6 is 11.8 Å². The molecule has 10 heteroatoms. The molecule has 0 aliphatic carbocycles. The van der Waals surface area contributed by atoms with Crippen molar-refractivity contribution in [2.24, 2.45) is 0 Å². The third-order valence-corrected chi connectivity index (χ3v) is 5.94. The first-order valence-corrected chi connectivity index (χ1v) is 11.7. The highest BCUT2D eigenvalue weighted by Gasteiger charge is 2.17. The standard InChI is InChI=1S/C25H26N4O5S/c1-4-12-29-21(11-10-17-8-6-5-7-9-17)27-28-25(29)35-16-22(30)26-20-14-18(23(31)33-2)13-19(15-20)24(32)34-3/h4-9,13-15H,1,10-12,16H2,2-3H3,(H,26,30). The summed E-state index contributed by atoms with van der Waals surface area (Å²) in [6.07, 6.45) is 3.28. The number of anilines is 1. The number of hydrogen-bond acceptors (Lipinski definition) is 8. The van der Waals surface area contributed by atoms with Gasteiger partial charge in [0.15, 0.2) is 5.16 Å². The first-order valence-electron chi connectivity index (χ1n) is 10.8. The zero-order valence-electron chi connectivity index (χ0n) is 19.5. The summed E-state index contributed by atoms with van der Waals surface area (Å²) in [5.74, 6) is -0.761. The van der Waals surface area contributed by atoms with Crippen LogP contribution in [0.1, 0.15) is 32.1 Å². The molecule has 1 aromatic heterocycles. The monoisotopic (exact) mass is 494 g/mol. The van der Waals surface area contributed by atoms with Crippen molar-refractivity contribution >= 4 is 35.3 Å². The van der Waals surface area contributed by atoms with Crippen molar-refractivity contribution in [1.29, 1.82) is 0 Å². The topological polar surface area (TPSA) is 112 Å². The molecule has 3 rings (SSSR count). The number of amides is 1. The van der Waals surface area contributed by atoms with E-state index in [0.29, 0.717) is 18.1 Å². The molecule has 1 N–H and O–H groups in total. The molecule has 9 nitrogen and oxygen atoms in total. The van der Waals surface area contributed by atoms with Crippen molar-refractivity contribution in [2.45, 2.75) is 24.5 Å². The molecule has 182 valence electrons. The van der Waals surface area contributed by atoms with Gasteiger partial charge in [-0.05, 0) is 30.2 Å². The lowest BCUT2D eigenvalue weighted by molar-refractivity contribution is -0.113. The average molecular weight is 495 g/mol. The van der Waals surface area contributed by atoms with Gasteiger partial charge in [0.05, 0.1) is 31.1 Å².